The van der Waals surface area contributed by atoms with Crippen LogP contribution in [0.15, 0.2) is 5.51 Å². The Hall–Kier alpha value is -0.790. The van der Waals surface area contributed by atoms with Crippen LogP contribution in [0.25, 0.3) is 0 Å². The average molecular weight is 371 g/mol. The van der Waals surface area contributed by atoms with Crippen molar-refractivity contribution in [2.75, 3.05) is 19.3 Å². The van der Waals surface area contributed by atoms with Crippen molar-refractivity contribution in [2.45, 2.75) is 46.5 Å². The highest BCUT2D eigenvalue weighted by Gasteiger charge is 2.65. The molecular formula is C17H26N2O3S2. The van der Waals surface area contributed by atoms with Crippen molar-refractivity contribution in [3.05, 3.63) is 16.1 Å². The van der Waals surface area contributed by atoms with Gasteiger partial charge in [-0.05, 0) is 37.5 Å². The monoisotopic (exact) mass is 370 g/mol. The lowest BCUT2D eigenvalue weighted by molar-refractivity contribution is -0.128. The highest BCUT2D eigenvalue weighted by molar-refractivity contribution is 7.89. The topological polar surface area (TPSA) is 67.3 Å². The molecule has 0 N–H and O–H groups in total. The SMILES string of the molecule is Cc1ncsc1CCN(C)S(=O)(=O)C[C@]12CC[C@H](CC1=O)C2(C)C. The number of thiazole rings is 1. The van der Waals surface area contributed by atoms with E-state index in [9.17, 15) is 13.2 Å². The minimum Gasteiger partial charge on any atom is -0.299 e. The molecule has 0 amide bonds. The van der Waals surface area contributed by atoms with Gasteiger partial charge in [0, 0.05) is 30.3 Å². The molecule has 0 aromatic carbocycles. The Morgan fingerprint density at radius 3 is 2.62 bits per heavy atom. The molecule has 2 bridgehead atoms. The second kappa shape index (κ2) is 5.88. The van der Waals surface area contributed by atoms with Crippen molar-refractivity contribution in [1.29, 1.82) is 0 Å². The molecule has 2 aliphatic carbocycles. The number of aryl methyl sites for hydroxylation is 1. The number of Topliss-reactive ketones (excluding diaryl/α,β-unsaturated/α-hetero) is 1. The summed E-state index contributed by atoms with van der Waals surface area (Å²) >= 11 is 1.56. The van der Waals surface area contributed by atoms with Gasteiger partial charge < -0.3 is 0 Å². The molecule has 3 rings (SSSR count). The number of hydrogen-bond acceptors (Lipinski definition) is 5. The summed E-state index contributed by atoms with van der Waals surface area (Å²) in [6.07, 6.45) is 2.90. The first-order chi connectivity index (χ1) is 11.1. The number of hydrogen-bond donors (Lipinski definition) is 0. The third-order valence-electron chi connectivity index (χ3n) is 6.54. The van der Waals surface area contributed by atoms with Gasteiger partial charge in [0.25, 0.3) is 0 Å². The van der Waals surface area contributed by atoms with Gasteiger partial charge in [0.05, 0.1) is 17.0 Å². The predicted octanol–water partition coefficient (Wildman–Crippen LogP) is 2.65. The van der Waals surface area contributed by atoms with Gasteiger partial charge in [0.2, 0.25) is 10.0 Å². The van der Waals surface area contributed by atoms with Crippen LogP contribution >= 0.6 is 11.3 Å². The van der Waals surface area contributed by atoms with Crippen molar-refractivity contribution in [2.24, 2.45) is 16.7 Å². The van der Waals surface area contributed by atoms with Gasteiger partial charge in [-0.1, -0.05) is 13.8 Å². The number of carbonyl (C=O) groups excluding carboxylic acids is 1. The van der Waals surface area contributed by atoms with Crippen molar-refractivity contribution in [1.82, 2.24) is 9.29 Å². The molecule has 0 spiro atoms. The van der Waals surface area contributed by atoms with Gasteiger partial charge in [0.15, 0.2) is 0 Å². The zero-order valence-electron chi connectivity index (χ0n) is 14.8. The van der Waals surface area contributed by atoms with Gasteiger partial charge in [-0.15, -0.1) is 11.3 Å². The lowest BCUT2D eigenvalue weighted by Crippen LogP contribution is -2.46. The Morgan fingerprint density at radius 2 is 2.12 bits per heavy atom. The van der Waals surface area contributed by atoms with Crippen LogP contribution in [0.2, 0.25) is 0 Å². The molecular weight excluding hydrogens is 344 g/mol. The molecule has 2 saturated carbocycles. The highest BCUT2D eigenvalue weighted by Crippen LogP contribution is 2.64. The normalized spacial score (nSPS) is 28.9. The molecule has 2 aliphatic rings. The van der Waals surface area contributed by atoms with Crippen molar-refractivity contribution < 1.29 is 13.2 Å². The fourth-order valence-electron chi connectivity index (χ4n) is 4.49. The summed E-state index contributed by atoms with van der Waals surface area (Å²) in [4.78, 5) is 17.9. The van der Waals surface area contributed by atoms with Gasteiger partial charge in [-0.3, -0.25) is 4.79 Å². The number of nitrogens with zero attached hydrogens (tertiary/aromatic N) is 2. The molecule has 1 aromatic rings. The van der Waals surface area contributed by atoms with E-state index in [2.05, 4.69) is 18.8 Å². The van der Waals surface area contributed by atoms with E-state index in [1.165, 1.54) is 4.31 Å². The van der Waals surface area contributed by atoms with E-state index in [4.69, 9.17) is 0 Å². The number of fused-ring (bicyclic) bond motifs is 2. The molecule has 0 aliphatic heterocycles. The molecule has 0 unspecified atom stereocenters. The molecule has 0 radical (unpaired) electrons. The molecule has 134 valence electrons. The Kier molecular flexibility index (Phi) is 4.42. The van der Waals surface area contributed by atoms with Crippen molar-refractivity contribution in [3.63, 3.8) is 0 Å². The van der Waals surface area contributed by atoms with E-state index >= 15 is 0 Å². The van der Waals surface area contributed by atoms with E-state index in [-0.39, 0.29) is 17.0 Å². The van der Waals surface area contributed by atoms with Crippen molar-refractivity contribution >= 4 is 27.1 Å². The quantitative estimate of drug-likeness (QED) is 0.772. The molecule has 1 aromatic heterocycles. The molecule has 2 atom stereocenters. The van der Waals surface area contributed by atoms with Crippen LogP contribution in [0.4, 0.5) is 0 Å². The lowest BCUT2D eigenvalue weighted by Gasteiger charge is -2.37. The number of aromatic nitrogens is 1. The largest absolute Gasteiger partial charge is 0.299 e. The smallest absolute Gasteiger partial charge is 0.214 e. The third kappa shape index (κ3) is 2.65. The van der Waals surface area contributed by atoms with E-state index in [1.54, 1.807) is 23.9 Å². The van der Waals surface area contributed by atoms with Gasteiger partial charge in [-0.25, -0.2) is 17.7 Å². The zero-order chi connectivity index (χ0) is 17.8. The second-order valence-electron chi connectivity index (χ2n) is 7.86. The van der Waals surface area contributed by atoms with Crippen molar-refractivity contribution in [3.8, 4) is 0 Å². The van der Waals surface area contributed by atoms with Crippen LogP contribution in [-0.2, 0) is 21.2 Å². The fourth-order valence-corrected chi connectivity index (χ4v) is 7.15. The standard InChI is InChI=1S/C17H26N2O3S2/c1-12-14(23-11-18-12)6-8-19(4)24(21,22)10-17-7-5-13(9-15(17)20)16(17,2)3/h11,13H,5-10H2,1-4H3/t13-,17-/m1/s1. The summed E-state index contributed by atoms with van der Waals surface area (Å²) in [5.74, 6) is 0.449. The van der Waals surface area contributed by atoms with Gasteiger partial charge in [0.1, 0.15) is 5.78 Å². The number of likely N-dealkylation sites (N-methyl/N-ethyl adjacent to an activating group) is 1. The molecule has 2 fully saturated rings. The second-order valence-corrected chi connectivity index (χ2v) is 10.9. The third-order valence-corrected chi connectivity index (χ3v) is 9.53. The van der Waals surface area contributed by atoms with Crippen LogP contribution in [0, 0.1) is 23.7 Å². The maximum atomic E-state index is 12.9. The Bertz CT molecular complexity index is 754. The van der Waals surface area contributed by atoms with E-state index in [0.29, 0.717) is 31.7 Å². The van der Waals surface area contributed by atoms with Gasteiger partial charge >= 0.3 is 0 Å². The molecule has 24 heavy (non-hydrogen) atoms. The minimum atomic E-state index is -3.46. The van der Waals surface area contributed by atoms with E-state index in [0.717, 1.165) is 17.0 Å². The number of sulfonamides is 1. The Labute approximate surface area is 148 Å². The molecule has 7 heteroatoms. The Morgan fingerprint density at radius 1 is 1.42 bits per heavy atom. The summed E-state index contributed by atoms with van der Waals surface area (Å²) in [6, 6.07) is 0. The van der Waals surface area contributed by atoms with Crippen LogP contribution < -0.4 is 0 Å². The zero-order valence-corrected chi connectivity index (χ0v) is 16.5. The number of ketones is 1. The summed E-state index contributed by atoms with van der Waals surface area (Å²) in [6.45, 7) is 6.52. The number of carbonyl (C=O) groups is 1. The van der Waals surface area contributed by atoms with E-state index in [1.807, 2.05) is 6.92 Å². The molecule has 0 saturated heterocycles. The highest BCUT2D eigenvalue weighted by atomic mass is 32.2. The first kappa shape index (κ1) is 18.0. The molecule has 1 heterocycles. The van der Waals surface area contributed by atoms with Gasteiger partial charge in [-0.2, -0.15) is 0 Å². The molecule has 5 nitrogen and oxygen atoms in total. The summed E-state index contributed by atoms with van der Waals surface area (Å²) in [7, 11) is -1.83. The first-order valence-corrected chi connectivity index (χ1v) is 11.0. The predicted molar refractivity (Wildman–Crippen MR) is 95.5 cm³/mol. The van der Waals surface area contributed by atoms with Crippen LogP contribution in [0.5, 0.6) is 0 Å². The lowest BCUT2D eigenvalue weighted by atomic mass is 9.70. The van der Waals surface area contributed by atoms with Crippen LogP contribution in [-0.4, -0.2) is 42.8 Å². The minimum absolute atomic E-state index is 0.0412. The maximum Gasteiger partial charge on any atom is 0.214 e. The summed E-state index contributed by atoms with van der Waals surface area (Å²) in [5, 5.41) is 0. The maximum absolute atomic E-state index is 12.9. The summed E-state index contributed by atoms with van der Waals surface area (Å²) < 4.78 is 27.2. The first-order valence-electron chi connectivity index (χ1n) is 8.46. The number of rotatable bonds is 6. The average Bonchev–Trinajstić information content (AvgIpc) is 3.05. The summed E-state index contributed by atoms with van der Waals surface area (Å²) in [5.41, 5.74) is 1.85. The fraction of sp³-hybridized carbons (Fsp3) is 0.765. The van der Waals surface area contributed by atoms with Crippen LogP contribution in [0.1, 0.15) is 43.7 Å². The Balaban J connectivity index is 1.74. The van der Waals surface area contributed by atoms with E-state index < -0.39 is 15.4 Å². The van der Waals surface area contributed by atoms with Crippen LogP contribution in [0.3, 0.4) is 0 Å².